The first-order valence-electron chi connectivity index (χ1n) is 6.86. The quantitative estimate of drug-likeness (QED) is 0.850. The third-order valence-corrected chi connectivity index (χ3v) is 4.29. The van der Waals surface area contributed by atoms with Crippen LogP contribution in [0.2, 0.25) is 5.02 Å². The normalized spacial score (nSPS) is 11.7. The smallest absolute Gasteiger partial charge is 0.222 e. The van der Waals surface area contributed by atoms with Gasteiger partial charge in [0.05, 0.1) is 12.5 Å². The zero-order valence-corrected chi connectivity index (χ0v) is 13.7. The van der Waals surface area contributed by atoms with Gasteiger partial charge in [-0.1, -0.05) is 29.8 Å². The number of hydrogen-bond donors (Lipinski definition) is 2. The molecule has 2 aromatic rings. The van der Waals surface area contributed by atoms with Crippen molar-refractivity contribution in [3.05, 3.63) is 57.2 Å². The lowest BCUT2D eigenvalue weighted by atomic mass is 10.1. The lowest BCUT2D eigenvalue weighted by Crippen LogP contribution is -2.32. The van der Waals surface area contributed by atoms with Gasteiger partial charge in [-0.3, -0.25) is 9.59 Å². The summed E-state index contributed by atoms with van der Waals surface area (Å²) >= 11 is 7.34. The standard InChI is InChI=1S/C16H17ClN2O2S/c1-11(20)19-14(15-3-2-8-22-15)9-16(21)18-10-12-4-6-13(17)7-5-12/h2-8,14H,9-10H2,1H3,(H,18,21)(H,19,20)/t14-/m1/s1. The number of carbonyl (C=O) groups is 2. The molecule has 116 valence electrons. The highest BCUT2D eigenvalue weighted by Crippen LogP contribution is 2.22. The molecule has 1 atom stereocenters. The Morgan fingerprint density at radius 1 is 1.23 bits per heavy atom. The molecule has 1 heterocycles. The average Bonchev–Trinajstić information content (AvgIpc) is 3.00. The molecular formula is C16H17ClN2O2S. The summed E-state index contributed by atoms with van der Waals surface area (Å²) in [6, 6.07) is 10.8. The second kappa shape index (κ2) is 7.96. The molecule has 6 heteroatoms. The van der Waals surface area contributed by atoms with Gasteiger partial charge >= 0.3 is 0 Å². The van der Waals surface area contributed by atoms with E-state index < -0.39 is 0 Å². The minimum absolute atomic E-state index is 0.109. The first kappa shape index (κ1) is 16.5. The number of halogens is 1. The molecule has 4 nitrogen and oxygen atoms in total. The van der Waals surface area contributed by atoms with Crippen molar-refractivity contribution < 1.29 is 9.59 Å². The Hall–Kier alpha value is -1.85. The van der Waals surface area contributed by atoms with Crippen molar-refractivity contribution in [1.82, 2.24) is 10.6 Å². The van der Waals surface area contributed by atoms with E-state index in [0.717, 1.165) is 10.4 Å². The highest BCUT2D eigenvalue weighted by atomic mass is 35.5. The van der Waals surface area contributed by atoms with Crippen LogP contribution < -0.4 is 10.6 Å². The number of thiophene rings is 1. The molecule has 0 radical (unpaired) electrons. The van der Waals surface area contributed by atoms with Crippen molar-refractivity contribution in [2.45, 2.75) is 25.9 Å². The van der Waals surface area contributed by atoms with Crippen LogP contribution in [0.15, 0.2) is 41.8 Å². The molecule has 0 saturated carbocycles. The van der Waals surface area contributed by atoms with Gasteiger partial charge in [0.25, 0.3) is 0 Å². The van der Waals surface area contributed by atoms with Gasteiger partial charge < -0.3 is 10.6 Å². The minimum atomic E-state index is -0.289. The summed E-state index contributed by atoms with van der Waals surface area (Å²) in [5, 5.41) is 8.26. The SMILES string of the molecule is CC(=O)N[C@H](CC(=O)NCc1ccc(Cl)cc1)c1cccs1. The summed E-state index contributed by atoms with van der Waals surface area (Å²) in [5.41, 5.74) is 0.977. The fraction of sp³-hybridized carbons (Fsp3) is 0.250. The average molecular weight is 337 g/mol. The molecule has 22 heavy (non-hydrogen) atoms. The summed E-state index contributed by atoms with van der Waals surface area (Å²) in [6.07, 6.45) is 0.216. The van der Waals surface area contributed by atoms with Gasteiger partial charge in [-0.2, -0.15) is 0 Å². The molecule has 0 aliphatic heterocycles. The summed E-state index contributed by atoms with van der Waals surface area (Å²) in [4.78, 5) is 24.3. The van der Waals surface area contributed by atoms with E-state index in [9.17, 15) is 9.59 Å². The molecule has 2 N–H and O–H groups in total. The second-order valence-electron chi connectivity index (χ2n) is 4.88. The van der Waals surface area contributed by atoms with Gasteiger partial charge in [-0.25, -0.2) is 0 Å². The lowest BCUT2D eigenvalue weighted by Gasteiger charge is -2.16. The summed E-state index contributed by atoms with van der Waals surface area (Å²) in [7, 11) is 0. The summed E-state index contributed by atoms with van der Waals surface area (Å²) in [6.45, 7) is 1.89. The Balaban J connectivity index is 1.90. The van der Waals surface area contributed by atoms with Crippen molar-refractivity contribution in [3.63, 3.8) is 0 Å². The maximum atomic E-state index is 12.1. The van der Waals surface area contributed by atoms with E-state index in [1.807, 2.05) is 29.6 Å². The van der Waals surface area contributed by atoms with Gasteiger partial charge in [-0.15, -0.1) is 11.3 Å². The molecule has 2 rings (SSSR count). The molecule has 2 amide bonds. The first-order chi connectivity index (χ1) is 10.5. The predicted octanol–water partition coefficient (Wildman–Crippen LogP) is 3.29. The zero-order valence-electron chi connectivity index (χ0n) is 12.1. The maximum absolute atomic E-state index is 12.1. The minimum Gasteiger partial charge on any atom is -0.352 e. The molecule has 1 aromatic carbocycles. The number of amides is 2. The van der Waals surface area contributed by atoms with Gasteiger partial charge in [0, 0.05) is 23.4 Å². The zero-order chi connectivity index (χ0) is 15.9. The van der Waals surface area contributed by atoms with Crippen LogP contribution in [-0.2, 0) is 16.1 Å². The Morgan fingerprint density at radius 3 is 2.55 bits per heavy atom. The third-order valence-electron chi connectivity index (χ3n) is 3.06. The third kappa shape index (κ3) is 5.16. The Morgan fingerprint density at radius 2 is 1.95 bits per heavy atom. The fourth-order valence-electron chi connectivity index (χ4n) is 2.02. The molecule has 0 unspecified atom stereocenters. The molecular weight excluding hydrogens is 320 g/mol. The monoisotopic (exact) mass is 336 g/mol. The highest BCUT2D eigenvalue weighted by molar-refractivity contribution is 7.10. The van der Waals surface area contributed by atoms with Crippen LogP contribution in [0.1, 0.15) is 29.8 Å². The molecule has 0 aliphatic rings. The van der Waals surface area contributed by atoms with Crippen LogP contribution in [-0.4, -0.2) is 11.8 Å². The van der Waals surface area contributed by atoms with Crippen molar-refractivity contribution in [2.24, 2.45) is 0 Å². The highest BCUT2D eigenvalue weighted by Gasteiger charge is 2.17. The number of nitrogens with one attached hydrogen (secondary N) is 2. The van der Waals surface area contributed by atoms with E-state index >= 15 is 0 Å². The second-order valence-corrected chi connectivity index (χ2v) is 6.29. The van der Waals surface area contributed by atoms with Gasteiger partial charge in [0.2, 0.25) is 11.8 Å². The van der Waals surface area contributed by atoms with E-state index in [1.54, 1.807) is 12.1 Å². The number of hydrogen-bond acceptors (Lipinski definition) is 3. The first-order valence-corrected chi connectivity index (χ1v) is 8.12. The Labute approximate surface area is 138 Å². The molecule has 1 aromatic heterocycles. The van der Waals surface area contributed by atoms with Crippen LogP contribution >= 0.6 is 22.9 Å². The van der Waals surface area contributed by atoms with Crippen LogP contribution in [0.3, 0.4) is 0 Å². The molecule has 0 aliphatic carbocycles. The lowest BCUT2D eigenvalue weighted by molar-refractivity contribution is -0.122. The Kier molecular flexibility index (Phi) is 5.98. The Bertz CT molecular complexity index is 626. The van der Waals surface area contributed by atoms with E-state index in [0.29, 0.717) is 11.6 Å². The van der Waals surface area contributed by atoms with Gasteiger partial charge in [0.15, 0.2) is 0 Å². The predicted molar refractivity (Wildman–Crippen MR) is 88.8 cm³/mol. The molecule has 0 fully saturated rings. The number of rotatable bonds is 6. The van der Waals surface area contributed by atoms with Crippen LogP contribution in [0.25, 0.3) is 0 Å². The van der Waals surface area contributed by atoms with E-state index in [1.165, 1.54) is 18.3 Å². The fourth-order valence-corrected chi connectivity index (χ4v) is 2.92. The van der Waals surface area contributed by atoms with E-state index in [-0.39, 0.29) is 24.3 Å². The largest absolute Gasteiger partial charge is 0.352 e. The van der Waals surface area contributed by atoms with Crippen molar-refractivity contribution in [3.8, 4) is 0 Å². The molecule has 0 spiro atoms. The van der Waals surface area contributed by atoms with Crippen LogP contribution in [0.5, 0.6) is 0 Å². The topological polar surface area (TPSA) is 58.2 Å². The summed E-state index contributed by atoms with van der Waals surface area (Å²) < 4.78 is 0. The van der Waals surface area contributed by atoms with E-state index in [4.69, 9.17) is 11.6 Å². The maximum Gasteiger partial charge on any atom is 0.222 e. The molecule has 0 saturated heterocycles. The number of benzene rings is 1. The van der Waals surface area contributed by atoms with Crippen LogP contribution in [0, 0.1) is 0 Å². The van der Waals surface area contributed by atoms with Crippen molar-refractivity contribution in [1.29, 1.82) is 0 Å². The van der Waals surface area contributed by atoms with E-state index in [2.05, 4.69) is 10.6 Å². The van der Waals surface area contributed by atoms with Gasteiger partial charge in [-0.05, 0) is 29.1 Å². The summed E-state index contributed by atoms with van der Waals surface area (Å²) in [5.74, 6) is -0.258. The molecule has 0 bridgehead atoms. The van der Waals surface area contributed by atoms with Crippen LogP contribution in [0.4, 0.5) is 0 Å². The number of carbonyl (C=O) groups excluding carboxylic acids is 2. The van der Waals surface area contributed by atoms with Crippen molar-refractivity contribution >= 4 is 34.8 Å². The van der Waals surface area contributed by atoms with Crippen molar-refractivity contribution in [2.75, 3.05) is 0 Å². The van der Waals surface area contributed by atoms with Gasteiger partial charge in [0.1, 0.15) is 0 Å².